The lowest BCUT2D eigenvalue weighted by Gasteiger charge is -2.22. The van der Waals surface area contributed by atoms with Crippen LogP contribution in [0.15, 0.2) is 18.2 Å². The smallest absolute Gasteiger partial charge is 0.243 e. The van der Waals surface area contributed by atoms with E-state index in [1.807, 2.05) is 25.8 Å². The number of hydrogen-bond donors (Lipinski definition) is 1. The molecular formula is C15H22N2O. The Bertz CT molecular complexity index is 483. The van der Waals surface area contributed by atoms with E-state index < -0.39 is 5.54 Å². The van der Waals surface area contributed by atoms with Gasteiger partial charge in [0, 0.05) is 7.05 Å². The molecule has 0 bridgehead atoms. The molecule has 0 spiro atoms. The molecule has 3 nitrogen and oxygen atoms in total. The zero-order valence-electron chi connectivity index (χ0n) is 11.9. The van der Waals surface area contributed by atoms with Gasteiger partial charge in [-0.1, -0.05) is 30.7 Å². The summed E-state index contributed by atoms with van der Waals surface area (Å²) in [5, 5.41) is 3.47. The lowest BCUT2D eigenvalue weighted by Crippen LogP contribution is -2.42. The summed E-state index contributed by atoms with van der Waals surface area (Å²) in [5.41, 5.74) is 3.24. The molecule has 1 aromatic carbocycles. The third-order valence-electron chi connectivity index (χ3n) is 4.06. The lowest BCUT2D eigenvalue weighted by atomic mass is 9.99. The maximum Gasteiger partial charge on any atom is 0.243 e. The fourth-order valence-corrected chi connectivity index (χ4v) is 2.64. The van der Waals surface area contributed by atoms with Crippen LogP contribution in [0.25, 0.3) is 0 Å². The molecule has 1 heterocycles. The van der Waals surface area contributed by atoms with Crippen molar-refractivity contribution >= 4 is 5.91 Å². The van der Waals surface area contributed by atoms with Gasteiger partial charge in [0.2, 0.25) is 5.91 Å². The van der Waals surface area contributed by atoms with Crippen molar-refractivity contribution < 1.29 is 4.79 Å². The van der Waals surface area contributed by atoms with Gasteiger partial charge in [-0.15, -0.1) is 0 Å². The first kappa shape index (κ1) is 13.1. The molecule has 0 saturated carbocycles. The summed E-state index contributed by atoms with van der Waals surface area (Å²) in [5.74, 6) is 0.176. The van der Waals surface area contributed by atoms with E-state index in [2.05, 4.69) is 37.4 Å². The third-order valence-corrected chi connectivity index (χ3v) is 4.06. The molecule has 18 heavy (non-hydrogen) atoms. The van der Waals surface area contributed by atoms with Crippen molar-refractivity contribution in [3.05, 3.63) is 34.9 Å². The Morgan fingerprint density at radius 3 is 2.56 bits per heavy atom. The molecule has 1 fully saturated rings. The molecule has 0 aromatic heterocycles. The number of rotatable bonds is 2. The number of amides is 1. The third kappa shape index (κ3) is 1.93. The SMILES string of the molecule is CCC1(C)NC(c2ccc(C)cc2C)N(C)C1=O. The minimum absolute atomic E-state index is 0.0111. The van der Waals surface area contributed by atoms with Crippen molar-refractivity contribution in [1.29, 1.82) is 0 Å². The van der Waals surface area contributed by atoms with Gasteiger partial charge in [-0.2, -0.15) is 0 Å². The fourth-order valence-electron chi connectivity index (χ4n) is 2.64. The van der Waals surface area contributed by atoms with Crippen LogP contribution in [-0.2, 0) is 4.79 Å². The number of nitrogens with one attached hydrogen (secondary N) is 1. The maximum absolute atomic E-state index is 12.3. The fraction of sp³-hybridized carbons (Fsp3) is 0.533. The highest BCUT2D eigenvalue weighted by Gasteiger charge is 2.45. The van der Waals surface area contributed by atoms with Crippen molar-refractivity contribution in [1.82, 2.24) is 10.2 Å². The number of hydrogen-bond acceptors (Lipinski definition) is 2. The van der Waals surface area contributed by atoms with Crippen LogP contribution in [0.4, 0.5) is 0 Å². The molecule has 0 aliphatic carbocycles. The van der Waals surface area contributed by atoms with Gasteiger partial charge in [0.25, 0.3) is 0 Å². The first-order valence-electron chi connectivity index (χ1n) is 6.51. The Morgan fingerprint density at radius 1 is 1.39 bits per heavy atom. The lowest BCUT2D eigenvalue weighted by molar-refractivity contribution is -0.131. The molecular weight excluding hydrogens is 224 g/mol. The Labute approximate surface area is 109 Å². The number of carbonyl (C=O) groups is 1. The summed E-state index contributed by atoms with van der Waals surface area (Å²) in [6.45, 7) is 8.21. The van der Waals surface area contributed by atoms with Crippen LogP contribution in [0.2, 0.25) is 0 Å². The average molecular weight is 246 g/mol. The van der Waals surface area contributed by atoms with Gasteiger partial charge in [0.1, 0.15) is 6.17 Å². The van der Waals surface area contributed by atoms with E-state index in [0.29, 0.717) is 0 Å². The Morgan fingerprint density at radius 2 is 2.06 bits per heavy atom. The molecule has 1 N–H and O–H groups in total. The number of carbonyl (C=O) groups excluding carboxylic acids is 1. The molecule has 98 valence electrons. The minimum atomic E-state index is -0.434. The summed E-state index contributed by atoms with van der Waals surface area (Å²) in [6.07, 6.45) is 0.792. The number of aryl methyl sites for hydroxylation is 2. The average Bonchev–Trinajstić information content (AvgIpc) is 2.55. The predicted octanol–water partition coefficient (Wildman–Crippen LogP) is 2.53. The van der Waals surface area contributed by atoms with Crippen LogP contribution >= 0.6 is 0 Å². The first-order valence-corrected chi connectivity index (χ1v) is 6.51. The largest absolute Gasteiger partial charge is 0.324 e. The number of benzene rings is 1. The molecule has 2 rings (SSSR count). The van der Waals surface area contributed by atoms with E-state index in [1.165, 1.54) is 16.7 Å². The molecule has 2 unspecified atom stereocenters. The molecule has 0 radical (unpaired) electrons. The number of nitrogens with zero attached hydrogens (tertiary/aromatic N) is 1. The Balaban J connectivity index is 2.38. The van der Waals surface area contributed by atoms with Crippen LogP contribution < -0.4 is 5.32 Å². The van der Waals surface area contributed by atoms with E-state index in [-0.39, 0.29) is 12.1 Å². The van der Waals surface area contributed by atoms with Crippen molar-refractivity contribution in [3.63, 3.8) is 0 Å². The van der Waals surface area contributed by atoms with Gasteiger partial charge in [-0.05, 0) is 38.3 Å². The van der Waals surface area contributed by atoms with Crippen molar-refractivity contribution in [2.24, 2.45) is 0 Å². The highest BCUT2D eigenvalue weighted by Crippen LogP contribution is 2.32. The molecule has 1 aliphatic rings. The molecule has 1 aliphatic heterocycles. The molecule has 1 amide bonds. The molecule has 1 saturated heterocycles. The quantitative estimate of drug-likeness (QED) is 0.869. The minimum Gasteiger partial charge on any atom is -0.324 e. The summed E-state index contributed by atoms with van der Waals surface area (Å²) in [6, 6.07) is 6.38. The zero-order valence-corrected chi connectivity index (χ0v) is 11.9. The van der Waals surface area contributed by atoms with E-state index in [9.17, 15) is 4.79 Å². The topological polar surface area (TPSA) is 32.3 Å². The second-order valence-corrected chi connectivity index (χ2v) is 5.51. The standard InChI is InChI=1S/C15H22N2O/c1-6-15(4)14(18)17(5)13(16-15)12-8-7-10(2)9-11(12)3/h7-9,13,16H,6H2,1-5H3. The maximum atomic E-state index is 12.3. The van der Waals surface area contributed by atoms with Crippen molar-refractivity contribution in [3.8, 4) is 0 Å². The van der Waals surface area contributed by atoms with Gasteiger partial charge in [-0.25, -0.2) is 0 Å². The summed E-state index contributed by atoms with van der Waals surface area (Å²) < 4.78 is 0. The molecule has 3 heteroatoms. The second kappa shape index (κ2) is 4.39. The van der Waals surface area contributed by atoms with Crippen LogP contribution in [-0.4, -0.2) is 23.4 Å². The van der Waals surface area contributed by atoms with E-state index in [4.69, 9.17) is 0 Å². The van der Waals surface area contributed by atoms with E-state index in [0.717, 1.165) is 6.42 Å². The summed E-state index contributed by atoms with van der Waals surface area (Å²) in [4.78, 5) is 14.1. The van der Waals surface area contributed by atoms with Crippen LogP contribution in [0.1, 0.15) is 43.1 Å². The molecule has 1 aromatic rings. The van der Waals surface area contributed by atoms with Crippen molar-refractivity contribution in [2.75, 3.05) is 7.05 Å². The highest BCUT2D eigenvalue weighted by atomic mass is 16.2. The highest BCUT2D eigenvalue weighted by molar-refractivity contribution is 5.88. The van der Waals surface area contributed by atoms with Crippen LogP contribution in [0, 0.1) is 13.8 Å². The van der Waals surface area contributed by atoms with Gasteiger partial charge in [0.15, 0.2) is 0 Å². The van der Waals surface area contributed by atoms with Gasteiger partial charge < -0.3 is 4.90 Å². The van der Waals surface area contributed by atoms with Crippen LogP contribution in [0.3, 0.4) is 0 Å². The normalized spacial score (nSPS) is 27.9. The summed E-state index contributed by atoms with van der Waals surface area (Å²) in [7, 11) is 1.88. The van der Waals surface area contributed by atoms with Crippen LogP contribution in [0.5, 0.6) is 0 Å². The first-order chi connectivity index (χ1) is 8.39. The predicted molar refractivity (Wildman–Crippen MR) is 73.3 cm³/mol. The van der Waals surface area contributed by atoms with Gasteiger partial charge in [-0.3, -0.25) is 10.1 Å². The van der Waals surface area contributed by atoms with E-state index >= 15 is 0 Å². The number of likely N-dealkylation sites (N-methyl/N-ethyl adjacent to an activating group) is 1. The second-order valence-electron chi connectivity index (χ2n) is 5.51. The van der Waals surface area contributed by atoms with E-state index in [1.54, 1.807) is 0 Å². The Hall–Kier alpha value is -1.35. The Kier molecular flexibility index (Phi) is 3.20. The zero-order chi connectivity index (χ0) is 13.5. The monoisotopic (exact) mass is 246 g/mol. The van der Waals surface area contributed by atoms with Gasteiger partial charge in [0.05, 0.1) is 5.54 Å². The van der Waals surface area contributed by atoms with Crippen molar-refractivity contribution in [2.45, 2.75) is 45.8 Å². The van der Waals surface area contributed by atoms with Gasteiger partial charge >= 0.3 is 0 Å². The molecule has 2 atom stereocenters. The summed E-state index contributed by atoms with van der Waals surface area (Å²) >= 11 is 0.